The average Bonchev–Trinajstić information content (AvgIpc) is 2.81. The topological polar surface area (TPSA) is 76.1 Å². The summed E-state index contributed by atoms with van der Waals surface area (Å²) in [6.45, 7) is 2.20. The van der Waals surface area contributed by atoms with Crippen molar-refractivity contribution in [3.63, 3.8) is 0 Å². The Morgan fingerprint density at radius 3 is 2.77 bits per heavy atom. The maximum atomic E-state index is 11.0. The van der Waals surface area contributed by atoms with Gasteiger partial charge in [0.25, 0.3) is 0 Å². The highest BCUT2D eigenvalue weighted by Gasteiger charge is 2.24. The smallest absolute Gasteiger partial charge is 0.334 e. The van der Waals surface area contributed by atoms with Crippen molar-refractivity contribution in [3.05, 3.63) is 11.6 Å². The van der Waals surface area contributed by atoms with Crippen molar-refractivity contribution in [2.24, 2.45) is 0 Å². The monoisotopic (exact) mass is 186 g/mol. The fourth-order valence-corrected chi connectivity index (χ4v) is 0.691. The number of hydrogen-bond acceptors (Lipinski definition) is 4. The summed E-state index contributed by atoms with van der Waals surface area (Å²) in [4.78, 5) is 21.2. The molecular weight excluding hydrogens is 176 g/mol. The maximum Gasteiger partial charge on any atom is 0.334 e. The Morgan fingerprint density at radius 2 is 2.31 bits per heavy atom. The van der Waals surface area contributed by atoms with Gasteiger partial charge in [-0.3, -0.25) is 0 Å². The van der Waals surface area contributed by atoms with Crippen LogP contribution in [0.1, 0.15) is 6.92 Å². The molecule has 1 heterocycles. The van der Waals surface area contributed by atoms with Gasteiger partial charge in [-0.05, 0) is 6.92 Å². The van der Waals surface area contributed by atoms with Crippen molar-refractivity contribution in [2.45, 2.75) is 13.0 Å². The third-order valence-electron chi connectivity index (χ3n) is 1.46. The fourth-order valence-electron chi connectivity index (χ4n) is 0.691. The molecule has 13 heavy (non-hydrogen) atoms. The molecule has 1 aliphatic heterocycles. The number of carboxylic acid groups (broad SMARTS) is 1. The van der Waals surface area contributed by atoms with Crippen molar-refractivity contribution in [1.29, 1.82) is 0 Å². The van der Waals surface area contributed by atoms with Crippen molar-refractivity contribution >= 4 is 11.9 Å². The zero-order chi connectivity index (χ0) is 9.84. The number of esters is 1. The molecule has 72 valence electrons. The quantitative estimate of drug-likeness (QED) is 0.378. The van der Waals surface area contributed by atoms with E-state index in [1.54, 1.807) is 0 Å². The minimum absolute atomic E-state index is 0.00146. The summed E-state index contributed by atoms with van der Waals surface area (Å²) in [6, 6.07) is 0. The molecule has 0 aliphatic carbocycles. The van der Waals surface area contributed by atoms with Crippen LogP contribution in [0.25, 0.3) is 0 Å². The summed E-state index contributed by atoms with van der Waals surface area (Å²) < 4.78 is 9.54. The standard InChI is InChI=1S/C8H10O5/c1-5(2-7(9)10)8(11)13-4-6-3-12-6/h2,6H,3-4H2,1H3,(H,9,10)/b5-2-. The van der Waals surface area contributed by atoms with Gasteiger partial charge in [0.05, 0.1) is 6.61 Å². The zero-order valence-electron chi connectivity index (χ0n) is 7.15. The number of aliphatic carboxylic acids is 1. The Hall–Kier alpha value is -1.36. The number of carboxylic acids is 1. The molecule has 0 spiro atoms. The first-order chi connectivity index (χ1) is 6.09. The van der Waals surface area contributed by atoms with Crippen LogP contribution < -0.4 is 0 Å². The van der Waals surface area contributed by atoms with Gasteiger partial charge >= 0.3 is 11.9 Å². The van der Waals surface area contributed by atoms with Gasteiger partial charge in [-0.15, -0.1) is 0 Å². The van der Waals surface area contributed by atoms with Crippen LogP contribution in [-0.4, -0.2) is 36.4 Å². The zero-order valence-corrected chi connectivity index (χ0v) is 7.15. The van der Waals surface area contributed by atoms with E-state index in [0.29, 0.717) is 6.61 Å². The number of rotatable bonds is 4. The van der Waals surface area contributed by atoms with Crippen LogP contribution in [-0.2, 0) is 19.1 Å². The molecule has 0 amide bonds. The molecule has 1 N–H and O–H groups in total. The molecule has 1 fully saturated rings. The summed E-state index contributed by atoms with van der Waals surface area (Å²) in [5.41, 5.74) is 0.0770. The fraction of sp³-hybridized carbons (Fsp3) is 0.500. The molecular formula is C8H10O5. The van der Waals surface area contributed by atoms with Crippen LogP contribution in [0.15, 0.2) is 11.6 Å². The molecule has 1 atom stereocenters. The first-order valence-electron chi connectivity index (χ1n) is 3.79. The molecule has 1 rings (SSSR count). The van der Waals surface area contributed by atoms with Crippen LogP contribution in [0, 0.1) is 0 Å². The third-order valence-corrected chi connectivity index (χ3v) is 1.46. The van der Waals surface area contributed by atoms with Gasteiger partial charge in [0.15, 0.2) is 0 Å². The lowest BCUT2D eigenvalue weighted by Crippen LogP contribution is -2.11. The van der Waals surface area contributed by atoms with E-state index in [2.05, 4.69) is 0 Å². The minimum atomic E-state index is -1.16. The Labute approximate surface area is 74.9 Å². The van der Waals surface area contributed by atoms with Gasteiger partial charge in [-0.2, -0.15) is 0 Å². The summed E-state index contributed by atoms with van der Waals surface area (Å²) in [5.74, 6) is -1.77. The molecule has 0 aromatic rings. The van der Waals surface area contributed by atoms with Crippen molar-refractivity contribution in [2.75, 3.05) is 13.2 Å². The van der Waals surface area contributed by atoms with E-state index in [4.69, 9.17) is 14.6 Å². The van der Waals surface area contributed by atoms with E-state index in [1.165, 1.54) is 6.92 Å². The van der Waals surface area contributed by atoms with Crippen molar-refractivity contribution in [3.8, 4) is 0 Å². The predicted octanol–water partition coefficient (Wildman–Crippen LogP) is -0.0407. The molecule has 1 unspecified atom stereocenters. The minimum Gasteiger partial charge on any atom is -0.478 e. The predicted molar refractivity (Wildman–Crippen MR) is 42.1 cm³/mol. The number of hydrogen-bond donors (Lipinski definition) is 1. The Morgan fingerprint density at radius 1 is 1.69 bits per heavy atom. The Balaban J connectivity index is 2.32. The highest BCUT2D eigenvalue weighted by molar-refractivity contribution is 5.95. The third kappa shape index (κ3) is 3.71. The molecule has 0 aromatic carbocycles. The first kappa shape index (κ1) is 9.73. The first-order valence-corrected chi connectivity index (χ1v) is 3.79. The SMILES string of the molecule is C/C(=C/C(=O)O)C(=O)OCC1CO1. The molecule has 5 nitrogen and oxygen atoms in total. The lowest BCUT2D eigenvalue weighted by atomic mass is 10.3. The number of ether oxygens (including phenoxy) is 2. The van der Waals surface area contributed by atoms with Crippen LogP contribution in [0.5, 0.6) is 0 Å². The number of epoxide rings is 1. The lowest BCUT2D eigenvalue weighted by Gasteiger charge is -2.00. The van der Waals surface area contributed by atoms with E-state index < -0.39 is 11.9 Å². The van der Waals surface area contributed by atoms with Crippen LogP contribution >= 0.6 is 0 Å². The molecule has 0 radical (unpaired) electrons. The number of carbonyl (C=O) groups excluding carboxylic acids is 1. The van der Waals surface area contributed by atoms with Crippen molar-refractivity contribution in [1.82, 2.24) is 0 Å². The van der Waals surface area contributed by atoms with Crippen molar-refractivity contribution < 1.29 is 24.2 Å². The molecule has 0 saturated carbocycles. The van der Waals surface area contributed by atoms with E-state index in [-0.39, 0.29) is 18.3 Å². The van der Waals surface area contributed by atoms with E-state index >= 15 is 0 Å². The van der Waals surface area contributed by atoms with Gasteiger partial charge in [0, 0.05) is 11.6 Å². The normalized spacial score (nSPS) is 21.0. The van der Waals surface area contributed by atoms with Gasteiger partial charge in [-0.25, -0.2) is 9.59 Å². The lowest BCUT2D eigenvalue weighted by molar-refractivity contribution is -0.140. The van der Waals surface area contributed by atoms with E-state index in [9.17, 15) is 9.59 Å². The van der Waals surface area contributed by atoms with E-state index in [0.717, 1.165) is 6.08 Å². The molecule has 5 heteroatoms. The van der Waals surface area contributed by atoms with Gasteiger partial charge in [0.1, 0.15) is 12.7 Å². The summed E-state index contributed by atoms with van der Waals surface area (Å²) >= 11 is 0. The molecule has 1 saturated heterocycles. The van der Waals surface area contributed by atoms with Gasteiger partial charge in [0.2, 0.25) is 0 Å². The van der Waals surface area contributed by atoms with E-state index in [1.807, 2.05) is 0 Å². The molecule has 0 aromatic heterocycles. The highest BCUT2D eigenvalue weighted by Crippen LogP contribution is 2.09. The van der Waals surface area contributed by atoms with Gasteiger partial charge in [-0.1, -0.05) is 0 Å². The second kappa shape index (κ2) is 4.04. The van der Waals surface area contributed by atoms with Gasteiger partial charge < -0.3 is 14.6 Å². The second-order valence-electron chi connectivity index (χ2n) is 2.72. The van der Waals surface area contributed by atoms with Crippen LogP contribution in [0.2, 0.25) is 0 Å². The summed E-state index contributed by atoms with van der Waals surface area (Å²) in [7, 11) is 0. The Bertz CT molecular complexity index is 251. The molecule has 1 aliphatic rings. The molecule has 0 bridgehead atoms. The maximum absolute atomic E-state index is 11.0. The van der Waals surface area contributed by atoms with Crippen LogP contribution in [0.4, 0.5) is 0 Å². The largest absolute Gasteiger partial charge is 0.478 e. The average molecular weight is 186 g/mol. The summed E-state index contributed by atoms with van der Waals surface area (Å²) in [5, 5.41) is 8.31. The second-order valence-corrected chi connectivity index (χ2v) is 2.72. The number of carbonyl (C=O) groups is 2. The summed E-state index contributed by atoms with van der Waals surface area (Å²) in [6.07, 6.45) is 0.817. The van der Waals surface area contributed by atoms with Crippen LogP contribution in [0.3, 0.4) is 0 Å². The highest BCUT2D eigenvalue weighted by atomic mass is 16.6. The Kier molecular flexibility index (Phi) is 3.02.